The molecule has 0 aliphatic carbocycles. The summed E-state index contributed by atoms with van der Waals surface area (Å²) in [5.41, 5.74) is 0.888. The second kappa shape index (κ2) is 8.49. The van der Waals surface area contributed by atoms with Crippen LogP contribution in [0.2, 0.25) is 0 Å². The van der Waals surface area contributed by atoms with Crippen molar-refractivity contribution in [2.45, 2.75) is 13.8 Å². The van der Waals surface area contributed by atoms with E-state index < -0.39 is 0 Å². The van der Waals surface area contributed by atoms with E-state index in [0.717, 1.165) is 24.6 Å². The fraction of sp³-hybridized carbons (Fsp3) is 0.400. The van der Waals surface area contributed by atoms with E-state index in [-0.39, 0.29) is 11.5 Å². The summed E-state index contributed by atoms with van der Waals surface area (Å²) in [6, 6.07) is 5.50. The number of carbonyl (C=O) groups excluding carboxylic acids is 1. The summed E-state index contributed by atoms with van der Waals surface area (Å²) in [5.74, 6) is 2.81. The number of aromatic nitrogens is 2. The standard InChI is InChI=1S/C20H22N4O2S3/c1-13(2)12-24-19(26)15(29-20(24)27)11-14-17(22-7-9-28-10-8-22)21-16-5-3-4-6-23(16)18(14)25/h3-6,11,13H,7-10,12H2,1-2H3/b15-11-. The van der Waals surface area contributed by atoms with Crippen LogP contribution in [0.5, 0.6) is 0 Å². The number of rotatable bonds is 4. The molecule has 0 atom stereocenters. The smallest absolute Gasteiger partial charge is 0.267 e. The van der Waals surface area contributed by atoms with Crippen LogP contribution in [0.4, 0.5) is 5.82 Å². The number of carbonyl (C=O) groups is 1. The Morgan fingerprint density at radius 3 is 2.72 bits per heavy atom. The predicted molar refractivity (Wildman–Crippen MR) is 126 cm³/mol. The van der Waals surface area contributed by atoms with E-state index in [1.165, 1.54) is 16.2 Å². The van der Waals surface area contributed by atoms with Crippen LogP contribution < -0.4 is 10.5 Å². The number of nitrogens with zero attached hydrogens (tertiary/aromatic N) is 4. The lowest BCUT2D eigenvalue weighted by Crippen LogP contribution is -2.36. The summed E-state index contributed by atoms with van der Waals surface area (Å²) in [6.45, 7) is 6.33. The minimum Gasteiger partial charge on any atom is -0.354 e. The zero-order valence-electron chi connectivity index (χ0n) is 16.3. The fourth-order valence-corrected chi connectivity index (χ4v) is 5.55. The SMILES string of the molecule is CC(C)CN1C(=O)/C(=C/c2c(N3CCSCC3)nc3ccccn3c2=O)SC1=S. The molecule has 0 aromatic carbocycles. The Morgan fingerprint density at radius 2 is 2.00 bits per heavy atom. The Bertz CT molecular complexity index is 1060. The van der Waals surface area contributed by atoms with Crippen molar-refractivity contribution in [1.82, 2.24) is 14.3 Å². The van der Waals surface area contributed by atoms with Crippen molar-refractivity contribution in [3.8, 4) is 0 Å². The third-order valence-corrected chi connectivity index (χ3v) is 7.08. The number of amides is 1. The lowest BCUT2D eigenvalue weighted by molar-refractivity contribution is -0.122. The first-order valence-corrected chi connectivity index (χ1v) is 11.9. The Balaban J connectivity index is 1.83. The highest BCUT2D eigenvalue weighted by Gasteiger charge is 2.33. The summed E-state index contributed by atoms with van der Waals surface area (Å²) in [5, 5.41) is 0. The average molecular weight is 447 g/mol. The molecule has 152 valence electrons. The molecular weight excluding hydrogens is 424 g/mol. The third kappa shape index (κ3) is 4.08. The minimum absolute atomic E-state index is 0.133. The molecule has 2 fully saturated rings. The zero-order chi connectivity index (χ0) is 20.5. The molecule has 1 amide bonds. The molecule has 29 heavy (non-hydrogen) atoms. The molecule has 4 heterocycles. The highest BCUT2D eigenvalue weighted by atomic mass is 32.2. The van der Waals surface area contributed by atoms with Gasteiger partial charge in [0.15, 0.2) is 0 Å². The molecule has 4 rings (SSSR count). The molecule has 0 spiro atoms. The van der Waals surface area contributed by atoms with Crippen LogP contribution in [0.1, 0.15) is 19.4 Å². The first-order valence-electron chi connectivity index (χ1n) is 9.55. The van der Waals surface area contributed by atoms with Crippen LogP contribution in [-0.2, 0) is 4.79 Å². The second-order valence-corrected chi connectivity index (χ2v) is 10.3. The number of pyridine rings is 1. The van der Waals surface area contributed by atoms with E-state index in [1.54, 1.807) is 23.2 Å². The monoisotopic (exact) mass is 446 g/mol. The molecule has 2 aliphatic heterocycles. The van der Waals surface area contributed by atoms with Gasteiger partial charge < -0.3 is 4.90 Å². The highest BCUT2D eigenvalue weighted by Crippen LogP contribution is 2.34. The molecule has 0 bridgehead atoms. The van der Waals surface area contributed by atoms with Gasteiger partial charge in [0, 0.05) is 37.3 Å². The van der Waals surface area contributed by atoms with Crippen molar-refractivity contribution in [2.75, 3.05) is 36.0 Å². The van der Waals surface area contributed by atoms with Crippen LogP contribution in [-0.4, -0.2) is 55.7 Å². The van der Waals surface area contributed by atoms with Gasteiger partial charge in [-0.05, 0) is 24.1 Å². The number of fused-ring (bicyclic) bond motifs is 1. The van der Waals surface area contributed by atoms with Crippen molar-refractivity contribution < 1.29 is 4.79 Å². The van der Waals surface area contributed by atoms with Gasteiger partial charge in [-0.2, -0.15) is 11.8 Å². The van der Waals surface area contributed by atoms with E-state index in [4.69, 9.17) is 17.2 Å². The highest BCUT2D eigenvalue weighted by molar-refractivity contribution is 8.26. The van der Waals surface area contributed by atoms with Crippen LogP contribution in [0.15, 0.2) is 34.1 Å². The van der Waals surface area contributed by atoms with E-state index in [2.05, 4.69) is 4.90 Å². The summed E-state index contributed by atoms with van der Waals surface area (Å²) in [4.78, 5) is 35.3. The molecule has 9 heteroatoms. The number of hydrogen-bond acceptors (Lipinski definition) is 7. The molecule has 2 saturated heterocycles. The molecule has 2 aromatic rings. The normalized spacial score (nSPS) is 19.2. The number of thioether (sulfide) groups is 2. The van der Waals surface area contributed by atoms with Gasteiger partial charge in [0.2, 0.25) is 0 Å². The second-order valence-electron chi connectivity index (χ2n) is 7.37. The fourth-order valence-electron chi connectivity index (χ4n) is 3.39. The maximum Gasteiger partial charge on any atom is 0.267 e. The maximum absolute atomic E-state index is 13.3. The van der Waals surface area contributed by atoms with Crippen molar-refractivity contribution in [3.63, 3.8) is 0 Å². The Kier molecular flexibility index (Phi) is 5.98. The van der Waals surface area contributed by atoms with Crippen LogP contribution in [0.25, 0.3) is 11.7 Å². The average Bonchev–Trinajstić information content (AvgIpc) is 2.97. The van der Waals surface area contributed by atoms with Gasteiger partial charge in [-0.15, -0.1) is 0 Å². The van der Waals surface area contributed by atoms with Crippen molar-refractivity contribution in [2.24, 2.45) is 5.92 Å². The van der Waals surface area contributed by atoms with Crippen molar-refractivity contribution in [3.05, 3.63) is 45.2 Å². The topological polar surface area (TPSA) is 57.9 Å². The van der Waals surface area contributed by atoms with Crippen LogP contribution in [0, 0.1) is 5.92 Å². The Labute approximate surface area is 183 Å². The van der Waals surface area contributed by atoms with Crippen LogP contribution in [0.3, 0.4) is 0 Å². The van der Waals surface area contributed by atoms with E-state index in [1.807, 2.05) is 37.7 Å². The van der Waals surface area contributed by atoms with Gasteiger partial charge in [0.05, 0.1) is 10.5 Å². The van der Waals surface area contributed by atoms with Crippen molar-refractivity contribution in [1.29, 1.82) is 0 Å². The number of anilines is 1. The van der Waals surface area contributed by atoms with Crippen molar-refractivity contribution >= 4 is 63.5 Å². The lowest BCUT2D eigenvalue weighted by Gasteiger charge is -2.28. The first kappa shape index (κ1) is 20.4. The van der Waals surface area contributed by atoms with E-state index in [9.17, 15) is 9.59 Å². The molecule has 0 saturated carbocycles. The summed E-state index contributed by atoms with van der Waals surface area (Å²) in [7, 11) is 0. The summed E-state index contributed by atoms with van der Waals surface area (Å²) < 4.78 is 2.07. The summed E-state index contributed by atoms with van der Waals surface area (Å²) in [6.07, 6.45) is 3.40. The lowest BCUT2D eigenvalue weighted by atomic mass is 10.2. The van der Waals surface area contributed by atoms with Crippen LogP contribution >= 0.6 is 35.7 Å². The zero-order valence-corrected chi connectivity index (χ0v) is 18.8. The molecule has 0 radical (unpaired) electrons. The molecule has 6 nitrogen and oxygen atoms in total. The van der Waals surface area contributed by atoms with Gasteiger partial charge >= 0.3 is 0 Å². The Morgan fingerprint density at radius 1 is 1.24 bits per heavy atom. The van der Waals surface area contributed by atoms with Gasteiger partial charge in [0.1, 0.15) is 15.8 Å². The van der Waals surface area contributed by atoms with E-state index in [0.29, 0.717) is 38.7 Å². The summed E-state index contributed by atoms with van der Waals surface area (Å²) >= 11 is 8.57. The molecule has 0 N–H and O–H groups in total. The largest absolute Gasteiger partial charge is 0.354 e. The first-order chi connectivity index (χ1) is 14.0. The Hall–Kier alpha value is -1.84. The minimum atomic E-state index is -0.169. The molecule has 2 aliphatic rings. The predicted octanol–water partition coefficient (Wildman–Crippen LogP) is 3.10. The molecular formula is C20H22N4O2S3. The maximum atomic E-state index is 13.3. The van der Waals surface area contributed by atoms with Gasteiger partial charge in [0.25, 0.3) is 11.5 Å². The van der Waals surface area contributed by atoms with Gasteiger partial charge in [-0.3, -0.25) is 18.9 Å². The molecule has 0 unspecified atom stereocenters. The molecule has 2 aromatic heterocycles. The number of thiocarbonyl (C=S) groups is 1. The third-order valence-electron chi connectivity index (χ3n) is 4.76. The number of hydrogen-bond donors (Lipinski definition) is 0. The van der Waals surface area contributed by atoms with Gasteiger partial charge in [-0.1, -0.05) is 43.9 Å². The van der Waals surface area contributed by atoms with E-state index >= 15 is 0 Å². The quantitative estimate of drug-likeness (QED) is 0.528. The van der Waals surface area contributed by atoms with Gasteiger partial charge in [-0.25, -0.2) is 4.98 Å².